The average Bonchev–Trinajstić information content (AvgIpc) is 2.90. The topological polar surface area (TPSA) is 80.3 Å². The number of ether oxygens (including phenoxy) is 5. The Morgan fingerprint density at radius 3 is 1.82 bits per heavy atom. The summed E-state index contributed by atoms with van der Waals surface area (Å²) in [6, 6.07) is 14.2. The van der Waals surface area contributed by atoms with Crippen LogP contribution < -0.4 is 23.7 Å². The fraction of sp³-hybridized carbons (Fsp3) is 0.333. The number of rotatable bonds is 10. The fourth-order valence-electron chi connectivity index (χ4n) is 4.04. The Hall–Kier alpha value is -3.65. The molecule has 0 amide bonds. The zero-order chi connectivity index (χ0) is 28.1. The second-order valence-corrected chi connectivity index (χ2v) is 11.7. The molecule has 0 saturated heterocycles. The molecule has 0 aliphatic rings. The molecule has 0 aliphatic heterocycles. The largest absolute Gasteiger partial charge is 0.493 e. The maximum absolute atomic E-state index is 13.6. The molecule has 0 aromatic heterocycles. The Morgan fingerprint density at radius 2 is 1.29 bits per heavy atom. The van der Waals surface area contributed by atoms with Crippen molar-refractivity contribution in [1.29, 1.82) is 0 Å². The molecular weight excluding hydrogens is 504 g/mol. The highest BCUT2D eigenvalue weighted by Crippen LogP contribution is 2.39. The average molecular weight is 541 g/mol. The lowest BCUT2D eigenvalue weighted by molar-refractivity contribution is 0.324. The Morgan fingerprint density at radius 1 is 0.711 bits per heavy atom. The minimum atomic E-state index is -3.66. The van der Waals surface area contributed by atoms with E-state index >= 15 is 0 Å². The molecule has 0 spiro atoms. The summed E-state index contributed by atoms with van der Waals surface area (Å²) in [5.74, 6) is 2.25. The van der Waals surface area contributed by atoms with Crippen LogP contribution in [0.5, 0.6) is 28.7 Å². The Labute approximate surface area is 225 Å². The van der Waals surface area contributed by atoms with Crippen molar-refractivity contribution in [3.05, 3.63) is 70.8 Å². The van der Waals surface area contributed by atoms with Crippen molar-refractivity contribution in [3.8, 4) is 28.7 Å². The molecule has 3 aromatic carbocycles. The molecule has 38 heavy (non-hydrogen) atoms. The van der Waals surface area contributed by atoms with E-state index in [1.54, 1.807) is 58.8 Å². The highest BCUT2D eigenvalue weighted by atomic mass is 32.2. The Kier molecular flexibility index (Phi) is 8.99. The molecule has 0 saturated carbocycles. The number of methoxy groups -OCH3 is 5. The summed E-state index contributed by atoms with van der Waals surface area (Å²) in [4.78, 5) is 0.277. The van der Waals surface area contributed by atoms with Gasteiger partial charge in [0.05, 0.1) is 46.2 Å². The van der Waals surface area contributed by atoms with Gasteiger partial charge in [0.25, 0.3) is 0 Å². The second-order valence-electron chi connectivity index (χ2n) is 9.73. The van der Waals surface area contributed by atoms with Crippen molar-refractivity contribution >= 4 is 22.0 Å². The van der Waals surface area contributed by atoms with Crippen molar-refractivity contribution < 1.29 is 32.1 Å². The zero-order valence-corrected chi connectivity index (χ0v) is 24.1. The lowest BCUT2D eigenvalue weighted by Gasteiger charge is -2.20. The molecule has 0 atom stereocenters. The quantitative estimate of drug-likeness (QED) is 0.285. The monoisotopic (exact) mass is 540 g/mol. The van der Waals surface area contributed by atoms with E-state index in [0.717, 1.165) is 11.1 Å². The van der Waals surface area contributed by atoms with Crippen molar-refractivity contribution in [3.63, 3.8) is 0 Å². The summed E-state index contributed by atoms with van der Waals surface area (Å²) < 4.78 is 54.4. The van der Waals surface area contributed by atoms with Crippen molar-refractivity contribution in [2.75, 3.05) is 35.5 Å². The highest BCUT2D eigenvalue weighted by Gasteiger charge is 2.22. The van der Waals surface area contributed by atoms with E-state index in [1.807, 2.05) is 30.4 Å². The van der Waals surface area contributed by atoms with E-state index in [9.17, 15) is 8.42 Å². The van der Waals surface area contributed by atoms with E-state index in [1.165, 1.54) is 7.11 Å². The van der Waals surface area contributed by atoms with Gasteiger partial charge in [-0.3, -0.25) is 0 Å². The Bertz CT molecular complexity index is 1390. The first kappa shape index (κ1) is 28.9. The van der Waals surface area contributed by atoms with Gasteiger partial charge in [-0.05, 0) is 64.1 Å². The fourth-order valence-corrected chi connectivity index (χ4v) is 5.46. The maximum Gasteiger partial charge on any atom is 0.203 e. The standard InChI is InChI=1S/C30H36O7S/c1-30(2,3)23-10-9-11-24(18-23)38(31,32)19-22-17-26(34-5)25(33-4)16-21(22)13-12-20-14-27(35-6)29(37-8)28(15-20)36-7/h9-18H,19H2,1-8H3/b13-12-. The van der Waals surface area contributed by atoms with E-state index in [4.69, 9.17) is 23.7 Å². The highest BCUT2D eigenvalue weighted by molar-refractivity contribution is 7.90. The third-order valence-corrected chi connectivity index (χ3v) is 7.86. The van der Waals surface area contributed by atoms with Crippen LogP contribution in [0.15, 0.2) is 53.4 Å². The van der Waals surface area contributed by atoms with Crippen LogP contribution in [-0.4, -0.2) is 44.0 Å². The molecule has 0 heterocycles. The Balaban J connectivity index is 2.09. The van der Waals surface area contributed by atoms with Gasteiger partial charge >= 0.3 is 0 Å². The van der Waals surface area contributed by atoms with Crippen molar-refractivity contribution in [2.24, 2.45) is 0 Å². The molecule has 8 heteroatoms. The van der Waals surface area contributed by atoms with Gasteiger partial charge in [0.15, 0.2) is 32.8 Å². The van der Waals surface area contributed by atoms with Gasteiger partial charge in [-0.1, -0.05) is 45.1 Å². The predicted octanol–water partition coefficient (Wildman–Crippen LogP) is 6.17. The maximum atomic E-state index is 13.6. The third-order valence-electron chi connectivity index (χ3n) is 6.19. The summed E-state index contributed by atoms with van der Waals surface area (Å²) in [5.41, 5.74) is 2.80. The number of sulfone groups is 1. The molecule has 0 unspecified atom stereocenters. The summed E-state index contributed by atoms with van der Waals surface area (Å²) in [5, 5.41) is 0. The number of hydrogen-bond acceptors (Lipinski definition) is 7. The van der Waals surface area contributed by atoms with Crippen LogP contribution in [0.4, 0.5) is 0 Å². The number of hydrogen-bond donors (Lipinski definition) is 0. The van der Waals surface area contributed by atoms with Gasteiger partial charge in [0, 0.05) is 0 Å². The molecular formula is C30H36O7S. The van der Waals surface area contributed by atoms with Crippen LogP contribution in [0.3, 0.4) is 0 Å². The van der Waals surface area contributed by atoms with Gasteiger partial charge < -0.3 is 23.7 Å². The molecule has 204 valence electrons. The van der Waals surface area contributed by atoms with E-state index in [2.05, 4.69) is 20.8 Å². The minimum absolute atomic E-state index is 0.177. The van der Waals surface area contributed by atoms with Crippen molar-refractivity contribution in [1.82, 2.24) is 0 Å². The molecule has 3 rings (SSSR count). The molecule has 0 bridgehead atoms. The van der Waals surface area contributed by atoms with E-state index < -0.39 is 9.84 Å². The first-order valence-corrected chi connectivity index (χ1v) is 13.7. The van der Waals surface area contributed by atoms with Gasteiger partial charge in [-0.2, -0.15) is 0 Å². The molecule has 0 N–H and O–H groups in total. The molecule has 7 nitrogen and oxygen atoms in total. The van der Waals surface area contributed by atoms with Gasteiger partial charge in [-0.15, -0.1) is 0 Å². The summed E-state index contributed by atoms with van der Waals surface area (Å²) in [7, 11) is 4.05. The SMILES string of the molecule is COc1cc(/C=C\c2cc(OC)c(OC)c(OC)c2)c(CS(=O)(=O)c2cccc(C(C)(C)C)c2)cc1OC. The lowest BCUT2D eigenvalue weighted by atomic mass is 9.87. The van der Waals surface area contributed by atoms with E-state index in [0.29, 0.717) is 39.9 Å². The zero-order valence-electron chi connectivity index (χ0n) is 23.2. The molecule has 3 aromatic rings. The smallest absolute Gasteiger partial charge is 0.203 e. The van der Waals surface area contributed by atoms with Gasteiger partial charge in [-0.25, -0.2) is 8.42 Å². The normalized spacial score (nSPS) is 11.9. The van der Waals surface area contributed by atoms with Gasteiger partial charge in [0.2, 0.25) is 5.75 Å². The first-order valence-electron chi connectivity index (χ1n) is 12.0. The molecule has 0 aliphatic carbocycles. The second kappa shape index (κ2) is 11.8. The first-order chi connectivity index (χ1) is 18.0. The predicted molar refractivity (Wildman–Crippen MR) is 151 cm³/mol. The lowest BCUT2D eigenvalue weighted by Crippen LogP contribution is -2.13. The van der Waals surface area contributed by atoms with Crippen LogP contribution in [-0.2, 0) is 21.0 Å². The number of benzene rings is 3. The molecule has 0 radical (unpaired) electrons. The van der Waals surface area contributed by atoms with Crippen LogP contribution in [0.2, 0.25) is 0 Å². The molecule has 0 fully saturated rings. The van der Waals surface area contributed by atoms with Crippen LogP contribution in [0, 0.1) is 0 Å². The minimum Gasteiger partial charge on any atom is -0.493 e. The summed E-state index contributed by atoms with van der Waals surface area (Å²) >= 11 is 0. The van der Waals surface area contributed by atoms with Gasteiger partial charge in [0.1, 0.15) is 0 Å². The van der Waals surface area contributed by atoms with E-state index in [-0.39, 0.29) is 16.1 Å². The van der Waals surface area contributed by atoms with Crippen LogP contribution in [0.25, 0.3) is 12.2 Å². The van der Waals surface area contributed by atoms with Crippen LogP contribution >= 0.6 is 0 Å². The summed E-state index contributed by atoms with van der Waals surface area (Å²) in [6.45, 7) is 6.16. The van der Waals surface area contributed by atoms with Crippen LogP contribution in [0.1, 0.15) is 43.0 Å². The summed E-state index contributed by atoms with van der Waals surface area (Å²) in [6.07, 6.45) is 3.68. The van der Waals surface area contributed by atoms with Crippen molar-refractivity contribution in [2.45, 2.75) is 36.8 Å². The third kappa shape index (κ3) is 6.42.